The van der Waals surface area contributed by atoms with Crippen LogP contribution in [0.15, 0.2) is 36.5 Å². The molecule has 0 saturated carbocycles. The molecule has 6 unspecified atom stereocenters. The smallest absolute Gasteiger partial charge is 0.306 e. The molecule has 63 heavy (non-hydrogen) atoms. The van der Waals surface area contributed by atoms with Gasteiger partial charge in [0, 0.05) is 13.0 Å². The molecule has 1 aliphatic rings. The number of esters is 1. The summed E-state index contributed by atoms with van der Waals surface area (Å²) in [5.74, 6) is -0.317. The van der Waals surface area contributed by atoms with Crippen LogP contribution in [0, 0.1) is 0 Å². The number of ether oxygens (including phenoxy) is 4. The van der Waals surface area contributed by atoms with Crippen molar-refractivity contribution in [2.75, 3.05) is 26.4 Å². The minimum atomic E-state index is -1.54. The average Bonchev–Trinajstić information content (AvgIpc) is 3.28. The van der Waals surface area contributed by atoms with Crippen LogP contribution in [-0.4, -0.2) is 89.6 Å². The van der Waals surface area contributed by atoms with Crippen molar-refractivity contribution in [1.29, 1.82) is 0 Å². The Balaban J connectivity index is 2.19. The van der Waals surface area contributed by atoms with Crippen LogP contribution >= 0.6 is 0 Å². The maximum absolute atomic E-state index is 12.8. The molecule has 0 bridgehead atoms. The third kappa shape index (κ3) is 36.2. The van der Waals surface area contributed by atoms with Crippen LogP contribution in [0.25, 0.3) is 0 Å². The van der Waals surface area contributed by atoms with E-state index in [-0.39, 0.29) is 19.2 Å². The van der Waals surface area contributed by atoms with E-state index in [1.54, 1.807) is 0 Å². The summed E-state index contributed by atoms with van der Waals surface area (Å²) in [5.41, 5.74) is 0. The summed E-state index contributed by atoms with van der Waals surface area (Å²) < 4.78 is 22.9. The third-order valence-electron chi connectivity index (χ3n) is 12.3. The third-order valence-corrected chi connectivity index (χ3v) is 12.3. The van der Waals surface area contributed by atoms with E-state index in [1.807, 2.05) is 0 Å². The molecule has 9 nitrogen and oxygen atoms in total. The van der Waals surface area contributed by atoms with Crippen molar-refractivity contribution in [2.24, 2.45) is 0 Å². The number of aliphatic hydroxyl groups excluding tert-OH is 4. The molecule has 9 heteroatoms. The van der Waals surface area contributed by atoms with Crippen LogP contribution < -0.4 is 0 Å². The van der Waals surface area contributed by atoms with Crippen LogP contribution in [0.5, 0.6) is 0 Å². The second-order valence-electron chi connectivity index (χ2n) is 18.3. The molecular weight excluding hydrogens is 793 g/mol. The molecule has 6 atom stereocenters. The van der Waals surface area contributed by atoms with Crippen molar-refractivity contribution in [3.8, 4) is 0 Å². The lowest BCUT2D eigenvalue weighted by Gasteiger charge is -2.39. The van der Waals surface area contributed by atoms with Gasteiger partial charge in [-0.3, -0.25) is 4.79 Å². The molecule has 1 saturated heterocycles. The zero-order valence-electron chi connectivity index (χ0n) is 40.8. The lowest BCUT2D eigenvalue weighted by molar-refractivity contribution is -0.305. The Labute approximate surface area is 387 Å². The van der Waals surface area contributed by atoms with E-state index < -0.39 is 43.4 Å². The Morgan fingerprint density at radius 1 is 0.508 bits per heavy atom. The Morgan fingerprint density at radius 2 is 0.921 bits per heavy atom. The number of allylic oxidation sites excluding steroid dienone is 6. The standard InChI is InChI=1S/C54H100O9/c1-3-5-7-9-11-13-15-17-19-21-22-23-24-25-26-27-29-31-33-35-37-39-41-43-50(56)62-48(47-61-54-53(59)52(58)51(57)49(45-55)63-54)46-60-44-42-40-38-36-34-32-30-28-20-18-16-14-12-10-8-6-4-2/h15,17,21-22,24-25,48-49,51-55,57-59H,3-14,16,18-20,23,26-47H2,1-2H3/b17-15-,22-21-,25-24-. The highest BCUT2D eigenvalue weighted by Crippen LogP contribution is 2.23. The highest BCUT2D eigenvalue weighted by Gasteiger charge is 2.44. The molecule has 1 rings (SSSR count). The van der Waals surface area contributed by atoms with Crippen molar-refractivity contribution >= 4 is 5.97 Å². The highest BCUT2D eigenvalue weighted by atomic mass is 16.7. The molecule has 1 fully saturated rings. The van der Waals surface area contributed by atoms with E-state index in [4.69, 9.17) is 18.9 Å². The van der Waals surface area contributed by atoms with Crippen molar-refractivity contribution in [2.45, 2.75) is 275 Å². The minimum Gasteiger partial charge on any atom is -0.457 e. The van der Waals surface area contributed by atoms with E-state index in [1.165, 1.54) is 167 Å². The number of unbranched alkanes of at least 4 members (excludes halogenated alkanes) is 29. The summed E-state index contributed by atoms with van der Waals surface area (Å²) in [6.07, 6.45) is 48.9. The molecule has 1 aliphatic heterocycles. The van der Waals surface area contributed by atoms with Gasteiger partial charge in [0.1, 0.15) is 30.5 Å². The quantitative estimate of drug-likeness (QED) is 0.0268. The lowest BCUT2D eigenvalue weighted by Crippen LogP contribution is -2.59. The van der Waals surface area contributed by atoms with E-state index in [0.717, 1.165) is 51.4 Å². The maximum atomic E-state index is 12.8. The summed E-state index contributed by atoms with van der Waals surface area (Å²) in [5, 5.41) is 40.3. The SMILES string of the molecule is CCCCCCC/C=C\C/C=C\C/C=C\CCCCCCCCCCC(=O)OC(COCCCCCCCCCCCCCCCCCCC)COC1OC(CO)C(O)C(O)C1O. The Hall–Kier alpha value is -1.59. The zero-order chi connectivity index (χ0) is 45.7. The van der Waals surface area contributed by atoms with E-state index >= 15 is 0 Å². The number of aliphatic hydroxyl groups is 4. The number of carbonyl (C=O) groups excluding carboxylic acids is 1. The predicted octanol–water partition coefficient (Wildman–Crippen LogP) is 13.1. The average molecular weight is 893 g/mol. The molecule has 0 aromatic heterocycles. The van der Waals surface area contributed by atoms with E-state index in [2.05, 4.69) is 50.3 Å². The van der Waals surface area contributed by atoms with Gasteiger partial charge >= 0.3 is 5.97 Å². The first-order valence-electron chi connectivity index (χ1n) is 26.6. The van der Waals surface area contributed by atoms with E-state index in [9.17, 15) is 25.2 Å². The van der Waals surface area contributed by atoms with Gasteiger partial charge in [-0.2, -0.15) is 0 Å². The van der Waals surface area contributed by atoms with Gasteiger partial charge in [0.15, 0.2) is 6.29 Å². The summed E-state index contributed by atoms with van der Waals surface area (Å²) in [7, 11) is 0. The van der Waals surface area contributed by atoms with Crippen molar-refractivity contribution in [1.82, 2.24) is 0 Å². The second-order valence-corrected chi connectivity index (χ2v) is 18.3. The van der Waals surface area contributed by atoms with Crippen molar-refractivity contribution in [3.05, 3.63) is 36.5 Å². The molecule has 0 amide bonds. The predicted molar refractivity (Wildman–Crippen MR) is 261 cm³/mol. The fourth-order valence-corrected chi connectivity index (χ4v) is 8.15. The first kappa shape index (κ1) is 59.4. The molecule has 4 N–H and O–H groups in total. The zero-order valence-corrected chi connectivity index (χ0v) is 40.8. The molecule has 0 aromatic rings. The summed E-state index contributed by atoms with van der Waals surface area (Å²) in [6.45, 7) is 4.58. The fraction of sp³-hybridized carbons (Fsp3) is 0.870. The van der Waals surface area contributed by atoms with Gasteiger partial charge < -0.3 is 39.4 Å². The maximum Gasteiger partial charge on any atom is 0.306 e. The largest absolute Gasteiger partial charge is 0.457 e. The van der Waals surface area contributed by atoms with Gasteiger partial charge in [0.25, 0.3) is 0 Å². The Bertz CT molecular complexity index is 1060. The molecular formula is C54H100O9. The number of hydrogen-bond donors (Lipinski definition) is 4. The monoisotopic (exact) mass is 893 g/mol. The summed E-state index contributed by atoms with van der Waals surface area (Å²) >= 11 is 0. The number of carbonyl (C=O) groups is 1. The molecule has 370 valence electrons. The lowest BCUT2D eigenvalue weighted by atomic mass is 9.99. The van der Waals surface area contributed by atoms with Gasteiger partial charge in [-0.15, -0.1) is 0 Å². The topological polar surface area (TPSA) is 135 Å². The van der Waals surface area contributed by atoms with Crippen molar-refractivity contribution < 1.29 is 44.2 Å². The molecule has 0 aromatic carbocycles. The van der Waals surface area contributed by atoms with Crippen LogP contribution in [0.2, 0.25) is 0 Å². The first-order valence-corrected chi connectivity index (χ1v) is 26.6. The van der Waals surface area contributed by atoms with E-state index in [0.29, 0.717) is 13.0 Å². The Kier molecular flexibility index (Phi) is 43.0. The van der Waals surface area contributed by atoms with Gasteiger partial charge in [0.05, 0.1) is 19.8 Å². The number of rotatable bonds is 46. The first-order chi connectivity index (χ1) is 30.9. The fourth-order valence-electron chi connectivity index (χ4n) is 8.15. The van der Waals surface area contributed by atoms with Gasteiger partial charge in [-0.1, -0.05) is 217 Å². The normalized spacial score (nSPS) is 19.9. The molecule has 0 radical (unpaired) electrons. The second kappa shape index (κ2) is 45.6. The van der Waals surface area contributed by atoms with Crippen LogP contribution in [0.1, 0.15) is 239 Å². The summed E-state index contributed by atoms with van der Waals surface area (Å²) in [6, 6.07) is 0. The Morgan fingerprint density at radius 3 is 1.38 bits per heavy atom. The van der Waals surface area contributed by atoms with Crippen LogP contribution in [-0.2, 0) is 23.7 Å². The molecule has 1 heterocycles. The summed E-state index contributed by atoms with van der Waals surface area (Å²) in [4.78, 5) is 12.8. The van der Waals surface area contributed by atoms with Crippen LogP contribution in [0.3, 0.4) is 0 Å². The van der Waals surface area contributed by atoms with Gasteiger partial charge in [-0.05, 0) is 51.4 Å². The highest BCUT2D eigenvalue weighted by molar-refractivity contribution is 5.69. The molecule has 0 aliphatic carbocycles. The van der Waals surface area contributed by atoms with Gasteiger partial charge in [-0.25, -0.2) is 0 Å². The molecule has 0 spiro atoms. The van der Waals surface area contributed by atoms with Gasteiger partial charge in [0.2, 0.25) is 0 Å². The van der Waals surface area contributed by atoms with Crippen LogP contribution in [0.4, 0.5) is 0 Å². The van der Waals surface area contributed by atoms with Crippen molar-refractivity contribution in [3.63, 3.8) is 0 Å². The minimum absolute atomic E-state index is 0.114. The number of hydrogen-bond acceptors (Lipinski definition) is 9.